The number of carbonyl (C=O) groups is 1. The molecule has 3 aromatic rings. The molecule has 2 aromatic carbocycles. The second-order valence-electron chi connectivity index (χ2n) is 4.51. The molecule has 0 amide bonds. The molecule has 1 heterocycles. The number of benzene rings is 2. The fraction of sp³-hybridized carbons (Fsp3) is 0.0625. The topological polar surface area (TPSA) is 67.2 Å². The summed E-state index contributed by atoms with van der Waals surface area (Å²) < 4.78 is 6.57. The van der Waals surface area contributed by atoms with Crippen LogP contribution in [-0.4, -0.2) is 5.97 Å². The SMILES string of the molecule is CC(=O)Oc1ccc2sc3cc(C#N)ccc3c(=O)c2c1. The highest BCUT2D eigenvalue weighted by Gasteiger charge is 2.09. The van der Waals surface area contributed by atoms with Gasteiger partial charge in [0, 0.05) is 27.1 Å². The summed E-state index contributed by atoms with van der Waals surface area (Å²) in [4.78, 5) is 23.5. The molecule has 3 rings (SSSR count). The van der Waals surface area contributed by atoms with E-state index >= 15 is 0 Å². The van der Waals surface area contributed by atoms with E-state index in [0.29, 0.717) is 22.1 Å². The molecule has 102 valence electrons. The number of hydrogen-bond donors (Lipinski definition) is 0. The van der Waals surface area contributed by atoms with Gasteiger partial charge in [0.1, 0.15) is 5.75 Å². The van der Waals surface area contributed by atoms with Crippen LogP contribution in [-0.2, 0) is 4.79 Å². The average Bonchev–Trinajstić information content (AvgIpc) is 2.47. The highest BCUT2D eigenvalue weighted by Crippen LogP contribution is 2.28. The van der Waals surface area contributed by atoms with Crippen LogP contribution >= 0.6 is 11.3 Å². The Kier molecular flexibility index (Phi) is 3.16. The van der Waals surface area contributed by atoms with Gasteiger partial charge in [-0.2, -0.15) is 5.26 Å². The van der Waals surface area contributed by atoms with Crippen LogP contribution < -0.4 is 10.2 Å². The summed E-state index contributed by atoms with van der Waals surface area (Å²) >= 11 is 1.43. The quantitative estimate of drug-likeness (QED) is 0.393. The maximum absolute atomic E-state index is 12.5. The number of nitriles is 1. The molecule has 0 aliphatic carbocycles. The molecule has 0 radical (unpaired) electrons. The molecule has 1 aromatic heterocycles. The van der Waals surface area contributed by atoms with E-state index in [2.05, 4.69) is 6.07 Å². The number of rotatable bonds is 1. The summed E-state index contributed by atoms with van der Waals surface area (Å²) in [6.07, 6.45) is 0. The van der Waals surface area contributed by atoms with Gasteiger partial charge in [-0.05, 0) is 36.4 Å². The van der Waals surface area contributed by atoms with Crippen molar-refractivity contribution in [3.8, 4) is 11.8 Å². The van der Waals surface area contributed by atoms with Crippen molar-refractivity contribution in [1.82, 2.24) is 0 Å². The predicted octanol–water partition coefficient (Wildman–Crippen LogP) is 3.21. The van der Waals surface area contributed by atoms with Crippen molar-refractivity contribution in [3.63, 3.8) is 0 Å². The van der Waals surface area contributed by atoms with Gasteiger partial charge >= 0.3 is 5.97 Å². The fourth-order valence-corrected chi connectivity index (χ4v) is 3.22. The molecule has 0 bridgehead atoms. The molecule has 0 aliphatic rings. The molecule has 0 saturated heterocycles. The maximum atomic E-state index is 12.5. The van der Waals surface area contributed by atoms with E-state index < -0.39 is 5.97 Å². The smallest absolute Gasteiger partial charge is 0.308 e. The van der Waals surface area contributed by atoms with E-state index in [1.807, 2.05) is 0 Å². The summed E-state index contributed by atoms with van der Waals surface area (Å²) in [5, 5.41) is 10.00. The van der Waals surface area contributed by atoms with E-state index in [-0.39, 0.29) is 5.43 Å². The van der Waals surface area contributed by atoms with Crippen LogP contribution in [0, 0.1) is 11.3 Å². The van der Waals surface area contributed by atoms with E-state index in [0.717, 1.165) is 9.40 Å². The van der Waals surface area contributed by atoms with Gasteiger partial charge in [0.25, 0.3) is 0 Å². The minimum absolute atomic E-state index is 0.128. The summed E-state index contributed by atoms with van der Waals surface area (Å²) in [6.45, 7) is 1.31. The van der Waals surface area contributed by atoms with Crippen molar-refractivity contribution in [2.45, 2.75) is 6.92 Å². The van der Waals surface area contributed by atoms with E-state index in [9.17, 15) is 9.59 Å². The second-order valence-corrected chi connectivity index (χ2v) is 5.59. The number of hydrogen-bond acceptors (Lipinski definition) is 5. The van der Waals surface area contributed by atoms with Gasteiger partial charge in [-0.15, -0.1) is 11.3 Å². The Hall–Kier alpha value is -2.71. The number of nitrogens with zero attached hydrogens (tertiary/aromatic N) is 1. The van der Waals surface area contributed by atoms with Crippen molar-refractivity contribution in [3.05, 3.63) is 52.2 Å². The van der Waals surface area contributed by atoms with Crippen LogP contribution in [0.25, 0.3) is 20.2 Å². The Morgan fingerprint density at radius 3 is 2.67 bits per heavy atom. The largest absolute Gasteiger partial charge is 0.427 e. The van der Waals surface area contributed by atoms with Gasteiger partial charge in [0.15, 0.2) is 5.43 Å². The van der Waals surface area contributed by atoms with Crippen molar-refractivity contribution < 1.29 is 9.53 Å². The predicted molar refractivity (Wildman–Crippen MR) is 81.6 cm³/mol. The van der Waals surface area contributed by atoms with Crippen LogP contribution in [0.5, 0.6) is 5.75 Å². The van der Waals surface area contributed by atoms with Crippen LogP contribution in [0.3, 0.4) is 0 Å². The molecular formula is C16H9NO3S. The first-order valence-electron chi connectivity index (χ1n) is 6.17. The summed E-state index contributed by atoms with van der Waals surface area (Å²) in [6, 6.07) is 12.0. The third-order valence-electron chi connectivity index (χ3n) is 3.03. The van der Waals surface area contributed by atoms with Gasteiger partial charge in [0.2, 0.25) is 0 Å². The molecular weight excluding hydrogens is 286 g/mol. The maximum Gasteiger partial charge on any atom is 0.308 e. The van der Waals surface area contributed by atoms with E-state index in [1.165, 1.54) is 18.3 Å². The zero-order chi connectivity index (χ0) is 15.0. The van der Waals surface area contributed by atoms with E-state index in [4.69, 9.17) is 10.00 Å². The Morgan fingerprint density at radius 2 is 1.95 bits per heavy atom. The molecule has 0 spiro atoms. The minimum atomic E-state index is -0.426. The lowest BCUT2D eigenvalue weighted by Crippen LogP contribution is -2.04. The summed E-state index contributed by atoms with van der Waals surface area (Å²) in [5.74, 6) is -0.0720. The van der Waals surface area contributed by atoms with Crippen molar-refractivity contribution in [2.24, 2.45) is 0 Å². The van der Waals surface area contributed by atoms with Crippen molar-refractivity contribution in [2.75, 3.05) is 0 Å². The standard InChI is InChI=1S/C16H9NO3S/c1-9(18)20-11-3-5-14-13(7-11)16(19)12-4-2-10(8-17)6-15(12)21-14/h2-7H,1H3. The van der Waals surface area contributed by atoms with Crippen molar-refractivity contribution in [1.29, 1.82) is 5.26 Å². The highest BCUT2D eigenvalue weighted by atomic mass is 32.1. The number of ether oxygens (including phenoxy) is 1. The molecule has 0 unspecified atom stereocenters. The summed E-state index contributed by atoms with van der Waals surface area (Å²) in [5.41, 5.74) is 0.395. The molecule has 0 atom stereocenters. The molecule has 0 saturated carbocycles. The van der Waals surface area contributed by atoms with Gasteiger partial charge < -0.3 is 4.74 Å². The third kappa shape index (κ3) is 2.37. The Labute approximate surface area is 123 Å². The van der Waals surface area contributed by atoms with Crippen LogP contribution in [0.1, 0.15) is 12.5 Å². The lowest BCUT2D eigenvalue weighted by Gasteiger charge is -2.04. The number of carbonyl (C=O) groups excluding carboxylic acids is 1. The van der Waals surface area contributed by atoms with Gasteiger partial charge in [-0.25, -0.2) is 0 Å². The first-order chi connectivity index (χ1) is 10.1. The number of fused-ring (bicyclic) bond motifs is 2. The van der Waals surface area contributed by atoms with Crippen LogP contribution in [0.2, 0.25) is 0 Å². The highest BCUT2D eigenvalue weighted by molar-refractivity contribution is 7.24. The van der Waals surface area contributed by atoms with Crippen molar-refractivity contribution >= 4 is 37.5 Å². The monoisotopic (exact) mass is 295 g/mol. The van der Waals surface area contributed by atoms with Gasteiger partial charge in [-0.1, -0.05) is 0 Å². The Balaban J connectivity index is 2.31. The molecule has 0 fully saturated rings. The second kappa shape index (κ2) is 5.00. The zero-order valence-corrected chi connectivity index (χ0v) is 11.9. The van der Waals surface area contributed by atoms with Crippen LogP contribution in [0.15, 0.2) is 41.2 Å². The van der Waals surface area contributed by atoms with Gasteiger partial charge in [0.05, 0.1) is 11.6 Å². The molecule has 21 heavy (non-hydrogen) atoms. The summed E-state index contributed by atoms with van der Waals surface area (Å²) in [7, 11) is 0. The van der Waals surface area contributed by atoms with E-state index in [1.54, 1.807) is 36.4 Å². The molecule has 4 nitrogen and oxygen atoms in total. The average molecular weight is 295 g/mol. The minimum Gasteiger partial charge on any atom is -0.427 e. The lowest BCUT2D eigenvalue weighted by atomic mass is 10.1. The molecule has 5 heteroatoms. The molecule has 0 aliphatic heterocycles. The third-order valence-corrected chi connectivity index (χ3v) is 4.17. The zero-order valence-electron chi connectivity index (χ0n) is 11.0. The Morgan fingerprint density at radius 1 is 1.14 bits per heavy atom. The lowest BCUT2D eigenvalue weighted by molar-refractivity contribution is -0.131. The first kappa shape index (κ1) is 13.3. The fourth-order valence-electron chi connectivity index (χ4n) is 2.13. The first-order valence-corrected chi connectivity index (χ1v) is 6.99. The molecule has 0 N–H and O–H groups in total. The van der Waals surface area contributed by atoms with Gasteiger partial charge in [-0.3, -0.25) is 9.59 Å². The van der Waals surface area contributed by atoms with Crippen LogP contribution in [0.4, 0.5) is 0 Å². The Bertz CT molecular complexity index is 982. The number of esters is 1. The normalized spacial score (nSPS) is 10.5.